The van der Waals surface area contributed by atoms with Crippen molar-refractivity contribution in [2.75, 3.05) is 13.1 Å². The lowest BCUT2D eigenvalue weighted by Gasteiger charge is -2.05. The number of aromatic nitrogens is 2. The molecule has 1 saturated heterocycles. The van der Waals surface area contributed by atoms with Crippen molar-refractivity contribution in [3.8, 4) is 0 Å². The molecule has 4 heteroatoms. The van der Waals surface area contributed by atoms with Crippen LogP contribution in [0.5, 0.6) is 0 Å². The second-order valence-electron chi connectivity index (χ2n) is 3.21. The fraction of sp³-hybridized carbons (Fsp3) is 0.556. The normalized spacial score (nSPS) is 22.1. The van der Waals surface area contributed by atoms with Gasteiger partial charge in [0.25, 0.3) is 0 Å². The second kappa shape index (κ2) is 4.07. The molecule has 0 aromatic carbocycles. The minimum Gasteiger partial charge on any atom is -0.316 e. The molecule has 2 heterocycles. The van der Waals surface area contributed by atoms with Gasteiger partial charge in [-0.25, -0.2) is 9.97 Å². The van der Waals surface area contributed by atoms with E-state index in [0.717, 1.165) is 23.9 Å². The fourth-order valence-electron chi connectivity index (χ4n) is 1.36. The van der Waals surface area contributed by atoms with Gasteiger partial charge in [0.1, 0.15) is 0 Å². The van der Waals surface area contributed by atoms with Crippen LogP contribution in [0.3, 0.4) is 0 Å². The lowest BCUT2D eigenvalue weighted by atomic mass is 10.4. The first kappa shape index (κ1) is 8.97. The van der Waals surface area contributed by atoms with Crippen LogP contribution in [0.25, 0.3) is 0 Å². The number of rotatable bonds is 2. The van der Waals surface area contributed by atoms with Crippen molar-refractivity contribution in [2.45, 2.75) is 23.8 Å². The highest BCUT2D eigenvalue weighted by molar-refractivity contribution is 7.99. The number of thioether (sulfide) groups is 1. The maximum absolute atomic E-state index is 4.36. The molecule has 0 unspecified atom stereocenters. The molecule has 70 valence electrons. The lowest BCUT2D eigenvalue weighted by Crippen LogP contribution is -2.10. The van der Waals surface area contributed by atoms with Crippen LogP contribution in [-0.4, -0.2) is 28.3 Å². The van der Waals surface area contributed by atoms with Crippen molar-refractivity contribution in [2.24, 2.45) is 0 Å². The van der Waals surface area contributed by atoms with Gasteiger partial charge in [-0.2, -0.15) is 0 Å². The zero-order valence-corrected chi connectivity index (χ0v) is 8.47. The topological polar surface area (TPSA) is 37.8 Å². The predicted molar refractivity (Wildman–Crippen MR) is 53.9 cm³/mol. The maximum Gasteiger partial charge on any atom is 0.188 e. The van der Waals surface area contributed by atoms with Crippen LogP contribution in [0.4, 0.5) is 0 Å². The smallest absolute Gasteiger partial charge is 0.188 e. The molecular weight excluding hydrogens is 182 g/mol. The van der Waals surface area contributed by atoms with E-state index < -0.39 is 0 Å². The summed E-state index contributed by atoms with van der Waals surface area (Å²) in [6, 6.07) is 1.93. The molecule has 0 radical (unpaired) electrons. The highest BCUT2D eigenvalue weighted by atomic mass is 32.2. The van der Waals surface area contributed by atoms with E-state index in [4.69, 9.17) is 0 Å². The summed E-state index contributed by atoms with van der Waals surface area (Å²) >= 11 is 1.78. The summed E-state index contributed by atoms with van der Waals surface area (Å²) in [6.07, 6.45) is 3.05. The van der Waals surface area contributed by atoms with E-state index in [-0.39, 0.29) is 0 Å². The van der Waals surface area contributed by atoms with Crippen LogP contribution in [0.1, 0.15) is 12.1 Å². The summed E-state index contributed by atoms with van der Waals surface area (Å²) in [7, 11) is 0. The molecule has 1 aliphatic rings. The standard InChI is InChI=1S/C9H13N3S/c1-7-2-5-11-9(12-7)13-8-3-4-10-6-8/h2,5,8,10H,3-4,6H2,1H3/t8-/m0/s1. The van der Waals surface area contributed by atoms with Crippen molar-refractivity contribution >= 4 is 11.8 Å². The Kier molecular flexibility index (Phi) is 2.80. The van der Waals surface area contributed by atoms with E-state index in [9.17, 15) is 0 Å². The van der Waals surface area contributed by atoms with Crippen LogP contribution in [-0.2, 0) is 0 Å². The molecule has 1 aromatic rings. The highest BCUT2D eigenvalue weighted by Gasteiger charge is 2.16. The second-order valence-corrected chi connectivity index (χ2v) is 4.48. The van der Waals surface area contributed by atoms with Gasteiger partial charge in [-0.1, -0.05) is 11.8 Å². The third kappa shape index (κ3) is 2.42. The monoisotopic (exact) mass is 195 g/mol. The minimum atomic E-state index is 0.654. The van der Waals surface area contributed by atoms with Gasteiger partial charge in [-0.05, 0) is 26.0 Å². The van der Waals surface area contributed by atoms with Crippen LogP contribution in [0, 0.1) is 6.92 Å². The highest BCUT2D eigenvalue weighted by Crippen LogP contribution is 2.23. The van der Waals surface area contributed by atoms with Gasteiger partial charge in [0.2, 0.25) is 0 Å². The third-order valence-corrected chi connectivity index (χ3v) is 3.20. The van der Waals surface area contributed by atoms with Crippen LogP contribution in [0.2, 0.25) is 0 Å². The number of aryl methyl sites for hydroxylation is 1. The quantitative estimate of drug-likeness (QED) is 0.720. The van der Waals surface area contributed by atoms with Gasteiger partial charge in [-0.3, -0.25) is 0 Å². The van der Waals surface area contributed by atoms with Gasteiger partial charge < -0.3 is 5.32 Å². The maximum atomic E-state index is 4.36. The summed E-state index contributed by atoms with van der Waals surface area (Å²) in [6.45, 7) is 4.21. The average Bonchev–Trinajstić information content (AvgIpc) is 2.57. The van der Waals surface area contributed by atoms with Gasteiger partial charge in [0.15, 0.2) is 5.16 Å². The third-order valence-electron chi connectivity index (χ3n) is 2.06. The fourth-order valence-corrected chi connectivity index (χ4v) is 2.41. The predicted octanol–water partition coefficient (Wildman–Crippen LogP) is 1.24. The molecule has 1 atom stereocenters. The number of hydrogen-bond donors (Lipinski definition) is 1. The van der Waals surface area contributed by atoms with E-state index in [1.807, 2.05) is 19.2 Å². The van der Waals surface area contributed by atoms with Crippen molar-refractivity contribution in [3.63, 3.8) is 0 Å². The van der Waals surface area contributed by atoms with E-state index in [1.54, 1.807) is 11.8 Å². The Morgan fingerprint density at radius 1 is 1.62 bits per heavy atom. The molecular formula is C9H13N3S. The zero-order valence-electron chi connectivity index (χ0n) is 7.66. The summed E-state index contributed by atoms with van der Waals surface area (Å²) in [5.41, 5.74) is 1.04. The molecule has 0 bridgehead atoms. The molecule has 2 rings (SSSR count). The van der Waals surface area contributed by atoms with Gasteiger partial charge >= 0.3 is 0 Å². The van der Waals surface area contributed by atoms with Crippen LogP contribution < -0.4 is 5.32 Å². The molecule has 1 aliphatic heterocycles. The largest absolute Gasteiger partial charge is 0.316 e. The Labute approximate surface area is 82.4 Å². The molecule has 0 saturated carbocycles. The Morgan fingerprint density at radius 2 is 2.54 bits per heavy atom. The first-order chi connectivity index (χ1) is 6.34. The van der Waals surface area contributed by atoms with E-state index in [1.165, 1.54) is 6.42 Å². The minimum absolute atomic E-state index is 0.654. The lowest BCUT2D eigenvalue weighted by molar-refractivity contribution is 0.857. The molecule has 1 aromatic heterocycles. The zero-order chi connectivity index (χ0) is 9.10. The first-order valence-electron chi connectivity index (χ1n) is 4.51. The molecule has 0 aliphatic carbocycles. The first-order valence-corrected chi connectivity index (χ1v) is 5.39. The molecule has 0 amide bonds. The molecule has 1 N–H and O–H groups in total. The summed E-state index contributed by atoms with van der Waals surface area (Å²) < 4.78 is 0. The Hall–Kier alpha value is -0.610. The van der Waals surface area contributed by atoms with E-state index in [0.29, 0.717) is 5.25 Å². The number of nitrogens with zero attached hydrogens (tertiary/aromatic N) is 2. The summed E-state index contributed by atoms with van der Waals surface area (Å²) in [4.78, 5) is 8.59. The molecule has 0 spiro atoms. The Bertz CT molecular complexity index is 284. The molecule has 3 nitrogen and oxygen atoms in total. The number of nitrogens with one attached hydrogen (secondary N) is 1. The van der Waals surface area contributed by atoms with Gasteiger partial charge in [0, 0.05) is 23.7 Å². The van der Waals surface area contributed by atoms with E-state index >= 15 is 0 Å². The van der Waals surface area contributed by atoms with Gasteiger partial charge in [0.05, 0.1) is 0 Å². The van der Waals surface area contributed by atoms with Crippen molar-refractivity contribution in [1.82, 2.24) is 15.3 Å². The van der Waals surface area contributed by atoms with E-state index in [2.05, 4.69) is 15.3 Å². The van der Waals surface area contributed by atoms with Crippen LogP contribution in [0.15, 0.2) is 17.4 Å². The van der Waals surface area contributed by atoms with Crippen molar-refractivity contribution < 1.29 is 0 Å². The van der Waals surface area contributed by atoms with Gasteiger partial charge in [-0.15, -0.1) is 0 Å². The number of hydrogen-bond acceptors (Lipinski definition) is 4. The Morgan fingerprint density at radius 3 is 3.23 bits per heavy atom. The summed E-state index contributed by atoms with van der Waals surface area (Å²) in [5, 5.41) is 4.90. The SMILES string of the molecule is Cc1ccnc(S[C@H]2CCNC2)n1. The van der Waals surface area contributed by atoms with Crippen LogP contribution >= 0.6 is 11.8 Å². The summed E-state index contributed by atoms with van der Waals surface area (Å²) in [5.74, 6) is 0. The molecule has 13 heavy (non-hydrogen) atoms. The van der Waals surface area contributed by atoms with Crippen molar-refractivity contribution in [1.29, 1.82) is 0 Å². The van der Waals surface area contributed by atoms with Crippen molar-refractivity contribution in [3.05, 3.63) is 18.0 Å². The average molecular weight is 195 g/mol. The Balaban J connectivity index is 2.00. The molecule has 1 fully saturated rings.